The van der Waals surface area contributed by atoms with Crippen molar-refractivity contribution in [3.63, 3.8) is 0 Å². The Morgan fingerprint density at radius 1 is 0.686 bits per heavy atom. The molecule has 3 aromatic rings. The molecule has 3 heterocycles. The lowest BCUT2D eigenvalue weighted by atomic mass is 9.99. The normalized spacial score (nSPS) is 18.0. The molecule has 0 saturated carbocycles. The number of rotatable bonds is 7. The second-order valence-corrected chi connectivity index (χ2v) is 9.71. The molecule has 2 aromatic carbocycles. The van der Waals surface area contributed by atoms with E-state index in [2.05, 4.69) is 62.2 Å². The number of piperidine rings is 1. The molecule has 0 radical (unpaired) electrons. The molecule has 2 aliphatic heterocycles. The molecule has 1 aromatic heterocycles. The second kappa shape index (κ2) is 11.7. The predicted molar refractivity (Wildman–Crippen MR) is 141 cm³/mol. The predicted octanol–water partition coefficient (Wildman–Crippen LogP) is 5.18. The van der Waals surface area contributed by atoms with E-state index in [1.165, 1.54) is 36.5 Å². The zero-order valence-electron chi connectivity index (χ0n) is 20.5. The van der Waals surface area contributed by atoms with Crippen LogP contribution in [0.15, 0.2) is 78.5 Å². The second-order valence-electron chi connectivity index (χ2n) is 9.71. The number of hydrogen-bond donors (Lipinski definition) is 0. The van der Waals surface area contributed by atoms with Crippen LogP contribution >= 0.6 is 0 Å². The molecule has 5 heteroatoms. The Bertz CT molecular complexity index is 1080. The molecule has 0 amide bonds. The van der Waals surface area contributed by atoms with E-state index >= 15 is 0 Å². The van der Waals surface area contributed by atoms with Gasteiger partial charge in [-0.2, -0.15) is 0 Å². The lowest BCUT2D eigenvalue weighted by Crippen LogP contribution is -2.48. The Labute approximate surface area is 208 Å². The van der Waals surface area contributed by atoms with Crippen LogP contribution in [0.1, 0.15) is 24.1 Å². The quantitative estimate of drug-likeness (QED) is 0.474. The van der Waals surface area contributed by atoms with Gasteiger partial charge in [0, 0.05) is 65.1 Å². The largest absolute Gasteiger partial charge is 0.301 e. The highest BCUT2D eigenvalue weighted by molar-refractivity contribution is 5.66. The summed E-state index contributed by atoms with van der Waals surface area (Å²) in [6.07, 6.45) is 6.54. The van der Waals surface area contributed by atoms with Crippen molar-refractivity contribution < 1.29 is 4.39 Å². The molecule has 0 aliphatic carbocycles. The fourth-order valence-corrected chi connectivity index (χ4v) is 5.03. The van der Waals surface area contributed by atoms with Crippen LogP contribution in [0, 0.1) is 5.82 Å². The van der Waals surface area contributed by atoms with E-state index in [4.69, 9.17) is 0 Å². The smallest absolute Gasteiger partial charge is 0.123 e. The molecule has 0 atom stereocenters. The first-order valence-electron chi connectivity index (χ1n) is 12.8. The van der Waals surface area contributed by atoms with Gasteiger partial charge in [0.25, 0.3) is 0 Å². The van der Waals surface area contributed by atoms with E-state index in [9.17, 15) is 4.39 Å². The number of pyridine rings is 1. The van der Waals surface area contributed by atoms with Gasteiger partial charge in [-0.1, -0.05) is 54.1 Å². The summed E-state index contributed by atoms with van der Waals surface area (Å²) >= 11 is 0. The summed E-state index contributed by atoms with van der Waals surface area (Å²) in [4.78, 5) is 12.2. The number of hydrogen-bond acceptors (Lipinski definition) is 4. The van der Waals surface area contributed by atoms with E-state index in [0.29, 0.717) is 0 Å². The minimum atomic E-state index is -0.194. The molecule has 35 heavy (non-hydrogen) atoms. The molecule has 0 unspecified atom stereocenters. The van der Waals surface area contributed by atoms with Crippen LogP contribution in [0.3, 0.4) is 0 Å². The van der Waals surface area contributed by atoms with Crippen LogP contribution < -0.4 is 0 Å². The number of nitrogens with zero attached hydrogens (tertiary/aromatic N) is 4. The lowest BCUT2D eigenvalue weighted by molar-refractivity contribution is 0.111. The Morgan fingerprint density at radius 3 is 1.91 bits per heavy atom. The van der Waals surface area contributed by atoms with Crippen molar-refractivity contribution >= 4 is 6.08 Å². The number of aromatic nitrogens is 1. The van der Waals surface area contributed by atoms with Crippen LogP contribution in [0.25, 0.3) is 17.2 Å². The van der Waals surface area contributed by atoms with Crippen LogP contribution in [-0.4, -0.2) is 72.0 Å². The minimum absolute atomic E-state index is 0.194. The van der Waals surface area contributed by atoms with Gasteiger partial charge in [-0.05, 0) is 53.8 Å². The molecule has 2 aliphatic rings. The maximum atomic E-state index is 13.2. The first kappa shape index (κ1) is 23.9. The number of halogens is 1. The number of likely N-dealkylation sites (tertiary alicyclic amines) is 1. The van der Waals surface area contributed by atoms with Gasteiger partial charge in [0.05, 0.1) is 5.69 Å². The van der Waals surface area contributed by atoms with Crippen molar-refractivity contribution in [2.45, 2.75) is 19.4 Å². The van der Waals surface area contributed by atoms with E-state index in [0.717, 1.165) is 69.8 Å². The van der Waals surface area contributed by atoms with Crippen molar-refractivity contribution in [1.29, 1.82) is 0 Å². The summed E-state index contributed by atoms with van der Waals surface area (Å²) in [5.74, 6) is -0.194. The molecule has 5 rings (SSSR count). The highest BCUT2D eigenvalue weighted by Crippen LogP contribution is 2.23. The van der Waals surface area contributed by atoms with Gasteiger partial charge in [-0.15, -0.1) is 0 Å². The summed E-state index contributed by atoms with van der Waals surface area (Å²) in [6.45, 7) is 10.2. The number of benzene rings is 2. The summed E-state index contributed by atoms with van der Waals surface area (Å²) in [7, 11) is 0. The van der Waals surface area contributed by atoms with Crippen molar-refractivity contribution in [1.82, 2.24) is 19.7 Å². The Balaban J connectivity index is 1.03. The molecule has 0 N–H and O–H groups in total. The lowest BCUT2D eigenvalue weighted by Gasteiger charge is -2.36. The summed E-state index contributed by atoms with van der Waals surface area (Å²) in [5.41, 5.74) is 6.14. The van der Waals surface area contributed by atoms with Crippen LogP contribution in [0.5, 0.6) is 0 Å². The Hall–Kier alpha value is -2.86. The molecular formula is C30H35FN4. The average Bonchev–Trinajstić information content (AvgIpc) is 2.91. The zero-order chi connectivity index (χ0) is 23.9. The van der Waals surface area contributed by atoms with Crippen molar-refractivity contribution in [3.8, 4) is 11.1 Å². The summed E-state index contributed by atoms with van der Waals surface area (Å²) < 4.78 is 13.2. The maximum Gasteiger partial charge on any atom is 0.123 e. The molecule has 0 bridgehead atoms. The molecule has 182 valence electrons. The fourth-order valence-electron chi connectivity index (χ4n) is 5.03. The van der Waals surface area contributed by atoms with Gasteiger partial charge in [0.15, 0.2) is 0 Å². The van der Waals surface area contributed by atoms with E-state index < -0.39 is 0 Å². The highest BCUT2D eigenvalue weighted by Gasteiger charge is 2.19. The van der Waals surface area contributed by atoms with Gasteiger partial charge < -0.3 is 4.90 Å². The van der Waals surface area contributed by atoms with E-state index in [1.54, 1.807) is 5.57 Å². The van der Waals surface area contributed by atoms with Gasteiger partial charge in [-0.25, -0.2) is 4.39 Å². The fraction of sp³-hybridized carbons (Fsp3) is 0.367. The third-order valence-corrected chi connectivity index (χ3v) is 7.27. The molecule has 2 saturated heterocycles. The monoisotopic (exact) mass is 470 g/mol. The first-order chi connectivity index (χ1) is 17.2. The van der Waals surface area contributed by atoms with Crippen molar-refractivity contribution in [3.05, 3.63) is 95.6 Å². The standard InChI is InChI=1S/C30H35FN4/c31-29-10-8-28(9-11-29)27-6-4-25(5-7-27)23-26-12-15-33(16-13-26)17-18-34-19-21-35(22-20-34)24-30-3-1-2-14-32-30/h1-11,14,23H,12-13,15-22,24H2. The number of piperazine rings is 1. The minimum Gasteiger partial charge on any atom is -0.301 e. The zero-order valence-corrected chi connectivity index (χ0v) is 20.5. The van der Waals surface area contributed by atoms with Gasteiger partial charge in [0.2, 0.25) is 0 Å². The van der Waals surface area contributed by atoms with Crippen LogP contribution in [0.4, 0.5) is 4.39 Å². The SMILES string of the molecule is Fc1ccc(-c2ccc(C=C3CCN(CCN4CCN(Cc5ccccn5)CC4)CC3)cc2)cc1. The molecular weight excluding hydrogens is 435 g/mol. The third kappa shape index (κ3) is 6.85. The van der Waals surface area contributed by atoms with Crippen LogP contribution in [0.2, 0.25) is 0 Å². The van der Waals surface area contributed by atoms with E-state index in [1.807, 2.05) is 24.4 Å². The maximum absolute atomic E-state index is 13.2. The van der Waals surface area contributed by atoms with Crippen LogP contribution in [-0.2, 0) is 6.54 Å². The van der Waals surface area contributed by atoms with E-state index in [-0.39, 0.29) is 5.82 Å². The van der Waals surface area contributed by atoms with Gasteiger partial charge >= 0.3 is 0 Å². The Kier molecular flexibility index (Phi) is 7.99. The molecule has 4 nitrogen and oxygen atoms in total. The van der Waals surface area contributed by atoms with Crippen molar-refractivity contribution in [2.75, 3.05) is 52.4 Å². The summed E-state index contributed by atoms with van der Waals surface area (Å²) in [5, 5.41) is 0. The summed E-state index contributed by atoms with van der Waals surface area (Å²) in [6, 6.07) is 21.5. The highest BCUT2D eigenvalue weighted by atomic mass is 19.1. The Morgan fingerprint density at radius 2 is 1.29 bits per heavy atom. The first-order valence-corrected chi connectivity index (χ1v) is 12.8. The average molecular weight is 471 g/mol. The van der Waals surface area contributed by atoms with Crippen molar-refractivity contribution in [2.24, 2.45) is 0 Å². The van der Waals surface area contributed by atoms with Gasteiger partial charge in [0.1, 0.15) is 5.82 Å². The van der Waals surface area contributed by atoms with Gasteiger partial charge in [-0.3, -0.25) is 14.8 Å². The third-order valence-electron chi connectivity index (χ3n) is 7.27. The molecule has 2 fully saturated rings. The topological polar surface area (TPSA) is 22.6 Å². The molecule has 0 spiro atoms.